The number of nitrogens with zero attached hydrogens (tertiary/aromatic N) is 6. The molecule has 40 heavy (non-hydrogen) atoms. The van der Waals surface area contributed by atoms with E-state index in [2.05, 4.69) is 9.97 Å². The lowest BCUT2D eigenvalue weighted by molar-refractivity contribution is -0.128. The van der Waals surface area contributed by atoms with Crippen LogP contribution in [0.4, 0.5) is 5.82 Å². The number of carbonyl (C=O) groups excluding carboxylic acids is 1. The highest BCUT2D eigenvalue weighted by Crippen LogP contribution is 2.29. The lowest BCUT2D eigenvalue weighted by atomic mass is 10.0. The fourth-order valence-electron chi connectivity index (χ4n) is 4.96. The first-order valence-electron chi connectivity index (χ1n) is 12.9. The minimum atomic E-state index is -0.823. The first kappa shape index (κ1) is 26.6. The molecule has 3 heterocycles. The van der Waals surface area contributed by atoms with E-state index in [1.165, 1.54) is 17.0 Å². The highest BCUT2D eigenvalue weighted by atomic mass is 16.5. The van der Waals surface area contributed by atoms with Gasteiger partial charge in [0.05, 0.1) is 11.7 Å². The lowest BCUT2D eigenvalue weighted by Crippen LogP contribution is -2.44. The topological polar surface area (TPSA) is 158 Å². The zero-order valence-corrected chi connectivity index (χ0v) is 22.3. The van der Waals surface area contributed by atoms with Crippen LogP contribution in [0.2, 0.25) is 0 Å². The predicted octanol–water partition coefficient (Wildman–Crippen LogP) is 3.31. The van der Waals surface area contributed by atoms with Crippen molar-refractivity contribution in [1.29, 1.82) is 5.26 Å². The van der Waals surface area contributed by atoms with Crippen molar-refractivity contribution in [3.63, 3.8) is 0 Å². The van der Waals surface area contributed by atoms with Gasteiger partial charge in [-0.3, -0.25) is 13.9 Å². The minimum Gasteiger partial charge on any atom is -0.457 e. The number of rotatable bonds is 6. The van der Waals surface area contributed by atoms with Crippen LogP contribution in [-0.4, -0.2) is 48.5 Å². The van der Waals surface area contributed by atoms with Gasteiger partial charge < -0.3 is 21.1 Å². The number of imidazole rings is 1. The summed E-state index contributed by atoms with van der Waals surface area (Å²) in [5.41, 5.74) is 12.4. The number of fused-ring (bicyclic) bond motifs is 1. The molecule has 11 nitrogen and oxygen atoms in total. The van der Waals surface area contributed by atoms with Crippen molar-refractivity contribution in [1.82, 2.24) is 24.0 Å². The number of nitriles is 1. The Kier molecular flexibility index (Phi) is 7.11. The Bertz CT molecular complexity index is 1680. The molecule has 1 atom stereocenters. The van der Waals surface area contributed by atoms with Crippen LogP contribution in [0.1, 0.15) is 32.7 Å². The molecule has 4 N–H and O–H groups in total. The average Bonchev–Trinajstić information content (AvgIpc) is 3.25. The van der Waals surface area contributed by atoms with E-state index in [0.29, 0.717) is 47.7 Å². The molecular weight excluding hydrogens is 508 g/mol. The SMILES string of the molecule is CC(C)(N)C=C(C#N)C(=O)N1CCCC(n2c(=O)n(-c3ccc(Oc4ccccc4)cc3)c3c(N)ncnc32)C1. The van der Waals surface area contributed by atoms with Crippen molar-refractivity contribution in [3.05, 3.63) is 83.1 Å². The summed E-state index contributed by atoms with van der Waals surface area (Å²) in [6.45, 7) is 4.13. The fourth-order valence-corrected chi connectivity index (χ4v) is 4.96. The molecule has 0 spiro atoms. The van der Waals surface area contributed by atoms with Crippen LogP contribution in [0.15, 0.2) is 77.4 Å². The summed E-state index contributed by atoms with van der Waals surface area (Å²) < 4.78 is 8.94. The predicted molar refractivity (Wildman–Crippen MR) is 151 cm³/mol. The van der Waals surface area contributed by atoms with E-state index in [4.69, 9.17) is 16.2 Å². The van der Waals surface area contributed by atoms with Crippen molar-refractivity contribution >= 4 is 22.9 Å². The van der Waals surface area contributed by atoms with Crippen LogP contribution in [0, 0.1) is 11.3 Å². The fraction of sp³-hybridized carbons (Fsp3) is 0.276. The number of amides is 1. The zero-order chi connectivity index (χ0) is 28.4. The Morgan fingerprint density at radius 2 is 1.82 bits per heavy atom. The first-order chi connectivity index (χ1) is 19.2. The minimum absolute atomic E-state index is 0.0210. The largest absolute Gasteiger partial charge is 0.457 e. The molecular formula is C29H30N8O3. The summed E-state index contributed by atoms with van der Waals surface area (Å²) in [5.74, 6) is 1.06. The maximum atomic E-state index is 14.0. The molecule has 1 aliphatic rings. The Hall–Kier alpha value is -4.95. The highest BCUT2D eigenvalue weighted by Gasteiger charge is 2.31. The number of hydrogen-bond donors (Lipinski definition) is 2. The second kappa shape index (κ2) is 10.7. The Balaban J connectivity index is 1.51. The normalized spacial score (nSPS) is 16.1. The van der Waals surface area contributed by atoms with Gasteiger partial charge in [0.2, 0.25) is 0 Å². The summed E-state index contributed by atoms with van der Waals surface area (Å²) in [6.07, 6.45) is 4.08. The van der Waals surface area contributed by atoms with Gasteiger partial charge in [0.1, 0.15) is 35.0 Å². The van der Waals surface area contributed by atoms with Crippen molar-refractivity contribution in [2.75, 3.05) is 18.8 Å². The molecule has 5 rings (SSSR count). The molecule has 0 aliphatic carbocycles. The van der Waals surface area contributed by atoms with Gasteiger partial charge in [-0.2, -0.15) is 5.26 Å². The average molecular weight is 539 g/mol. The summed E-state index contributed by atoms with van der Waals surface area (Å²) in [7, 11) is 0. The molecule has 4 aromatic rings. The lowest BCUT2D eigenvalue weighted by Gasteiger charge is -2.33. The van der Waals surface area contributed by atoms with Crippen molar-refractivity contribution in [2.24, 2.45) is 5.73 Å². The molecule has 1 aliphatic heterocycles. The van der Waals surface area contributed by atoms with E-state index in [1.807, 2.05) is 36.4 Å². The number of likely N-dealkylation sites (tertiary alicyclic amines) is 1. The molecule has 1 unspecified atom stereocenters. The number of para-hydroxylation sites is 1. The number of hydrogen-bond acceptors (Lipinski definition) is 8. The standard InChI is InChI=1S/C29H30N8O3/c1-29(2,32)15-19(16-30)27(38)35-14-6-7-21(17-35)37-26-24(25(31)33-18-34-26)36(28(37)39)20-10-12-23(13-11-20)40-22-8-4-3-5-9-22/h3-5,8-13,15,18,21H,6-7,14,17,32H2,1-2H3,(H2,31,33,34). The van der Waals surface area contributed by atoms with Gasteiger partial charge in [0.25, 0.3) is 5.91 Å². The third-order valence-electron chi connectivity index (χ3n) is 6.67. The molecule has 2 aromatic carbocycles. The molecule has 204 valence electrons. The number of piperidine rings is 1. The van der Waals surface area contributed by atoms with Crippen LogP contribution >= 0.6 is 0 Å². The van der Waals surface area contributed by atoms with Gasteiger partial charge >= 0.3 is 5.69 Å². The highest BCUT2D eigenvalue weighted by molar-refractivity contribution is 5.97. The number of nitrogen functional groups attached to an aromatic ring is 1. The second-order valence-corrected chi connectivity index (χ2v) is 10.4. The number of nitrogens with two attached hydrogens (primary N) is 2. The first-order valence-corrected chi connectivity index (χ1v) is 12.9. The molecule has 0 bridgehead atoms. The molecule has 2 aromatic heterocycles. The second-order valence-electron chi connectivity index (χ2n) is 10.4. The Morgan fingerprint density at radius 3 is 2.50 bits per heavy atom. The van der Waals surface area contributed by atoms with E-state index in [9.17, 15) is 14.9 Å². The van der Waals surface area contributed by atoms with Crippen molar-refractivity contribution in [2.45, 2.75) is 38.3 Å². The number of benzene rings is 2. The van der Waals surface area contributed by atoms with Crippen LogP contribution < -0.4 is 21.9 Å². The van der Waals surface area contributed by atoms with Crippen LogP contribution in [0.3, 0.4) is 0 Å². The maximum absolute atomic E-state index is 14.0. The van der Waals surface area contributed by atoms with E-state index < -0.39 is 11.4 Å². The third-order valence-corrected chi connectivity index (χ3v) is 6.67. The van der Waals surface area contributed by atoms with Gasteiger partial charge in [-0.25, -0.2) is 14.8 Å². The van der Waals surface area contributed by atoms with Gasteiger partial charge in [-0.1, -0.05) is 18.2 Å². The molecule has 1 amide bonds. The van der Waals surface area contributed by atoms with E-state index in [-0.39, 0.29) is 29.7 Å². The maximum Gasteiger partial charge on any atom is 0.335 e. The van der Waals surface area contributed by atoms with Gasteiger partial charge in [0, 0.05) is 18.6 Å². The summed E-state index contributed by atoms with van der Waals surface area (Å²) >= 11 is 0. The van der Waals surface area contributed by atoms with Crippen molar-refractivity contribution in [3.8, 4) is 23.3 Å². The summed E-state index contributed by atoms with van der Waals surface area (Å²) in [6, 6.07) is 18.1. The third kappa shape index (κ3) is 5.30. The van der Waals surface area contributed by atoms with Gasteiger partial charge in [0.15, 0.2) is 11.5 Å². The summed E-state index contributed by atoms with van der Waals surface area (Å²) in [4.78, 5) is 37.3. The molecule has 0 radical (unpaired) electrons. The quantitative estimate of drug-likeness (QED) is 0.279. The summed E-state index contributed by atoms with van der Waals surface area (Å²) in [5, 5.41) is 9.60. The zero-order valence-electron chi connectivity index (χ0n) is 22.3. The monoisotopic (exact) mass is 538 g/mol. The van der Waals surface area contributed by atoms with Crippen molar-refractivity contribution < 1.29 is 9.53 Å². The van der Waals surface area contributed by atoms with Gasteiger partial charge in [-0.15, -0.1) is 0 Å². The smallest absolute Gasteiger partial charge is 0.335 e. The van der Waals surface area contributed by atoms with E-state index >= 15 is 0 Å². The molecule has 0 saturated carbocycles. The Morgan fingerprint density at radius 1 is 1.12 bits per heavy atom. The molecule has 11 heteroatoms. The Labute approximate surface area is 230 Å². The number of ether oxygens (including phenoxy) is 1. The number of anilines is 1. The van der Waals surface area contributed by atoms with E-state index in [0.717, 1.165) is 0 Å². The van der Waals surface area contributed by atoms with Gasteiger partial charge in [-0.05, 0) is 69.2 Å². The number of aromatic nitrogens is 4. The number of carbonyl (C=O) groups is 1. The van der Waals surface area contributed by atoms with E-state index in [1.54, 1.807) is 47.6 Å². The van der Waals surface area contributed by atoms with Crippen LogP contribution in [-0.2, 0) is 4.79 Å². The van der Waals surface area contributed by atoms with Crippen LogP contribution in [0.25, 0.3) is 16.9 Å². The van der Waals surface area contributed by atoms with Crippen LogP contribution in [0.5, 0.6) is 11.5 Å². The molecule has 1 fully saturated rings. The molecule has 1 saturated heterocycles.